The predicted molar refractivity (Wildman–Crippen MR) is 132 cm³/mol. The summed E-state index contributed by atoms with van der Waals surface area (Å²) in [5, 5.41) is 6.42. The molecule has 3 atom stereocenters. The molecule has 0 bridgehead atoms. The quantitative estimate of drug-likeness (QED) is 0.369. The average Bonchev–Trinajstić information content (AvgIpc) is 2.83. The molecule has 1 aliphatic heterocycles. The molecule has 2 aromatic carbocycles. The number of halogens is 6. The van der Waals surface area contributed by atoms with Crippen molar-refractivity contribution in [3.8, 4) is 0 Å². The van der Waals surface area contributed by atoms with E-state index >= 15 is 0 Å². The van der Waals surface area contributed by atoms with Gasteiger partial charge in [0, 0.05) is 19.0 Å². The second-order valence-corrected chi connectivity index (χ2v) is 10.9. The van der Waals surface area contributed by atoms with Crippen LogP contribution in [0.25, 0.3) is 0 Å². The monoisotopic (exact) mass is 544 g/mol. The topological polar surface area (TPSA) is 50.4 Å². The number of ether oxygens (including phenoxy) is 1. The average molecular weight is 545 g/mol. The molecule has 3 rings (SSSR count). The lowest BCUT2D eigenvalue weighted by molar-refractivity contribution is -0.143. The van der Waals surface area contributed by atoms with E-state index in [1.54, 1.807) is 27.7 Å². The molecule has 0 spiro atoms. The van der Waals surface area contributed by atoms with Crippen molar-refractivity contribution in [1.29, 1.82) is 0 Å². The first-order chi connectivity index (χ1) is 17.5. The van der Waals surface area contributed by atoms with Crippen molar-refractivity contribution in [2.24, 2.45) is 5.41 Å². The van der Waals surface area contributed by atoms with Gasteiger partial charge in [0.2, 0.25) is 5.91 Å². The summed E-state index contributed by atoms with van der Waals surface area (Å²) in [4.78, 5) is 11.9. The second-order valence-electron chi connectivity index (χ2n) is 10.9. The number of rotatable bonds is 7. The lowest BCUT2D eigenvalue weighted by atomic mass is 9.80. The number of benzene rings is 2. The predicted octanol–water partition coefficient (Wildman–Crippen LogP) is 7.00. The molecule has 0 aromatic heterocycles. The Morgan fingerprint density at radius 3 is 2.05 bits per heavy atom. The Labute approximate surface area is 219 Å². The van der Waals surface area contributed by atoms with Crippen molar-refractivity contribution in [2.45, 2.75) is 77.0 Å². The Bertz CT molecular complexity index is 1050. The van der Waals surface area contributed by atoms with Crippen LogP contribution in [0.5, 0.6) is 0 Å². The molecule has 0 aliphatic carbocycles. The van der Waals surface area contributed by atoms with Crippen molar-refractivity contribution < 1.29 is 35.9 Å². The van der Waals surface area contributed by atoms with Crippen LogP contribution in [0.1, 0.15) is 75.3 Å². The third-order valence-electron chi connectivity index (χ3n) is 6.81. The van der Waals surface area contributed by atoms with Crippen LogP contribution in [0, 0.1) is 5.41 Å². The first-order valence-corrected chi connectivity index (χ1v) is 12.6. The number of nitrogens with one attached hydrogen (secondary N) is 2. The minimum Gasteiger partial charge on any atom is -0.371 e. The van der Waals surface area contributed by atoms with Crippen LogP contribution in [0.15, 0.2) is 48.5 Å². The van der Waals surface area contributed by atoms with Gasteiger partial charge in [0.1, 0.15) is 0 Å². The normalized spacial score (nSPS) is 21.7. The van der Waals surface area contributed by atoms with E-state index in [0.717, 1.165) is 17.7 Å². The highest BCUT2D eigenvalue weighted by Gasteiger charge is 2.42. The number of hydrogen-bond acceptors (Lipinski definition) is 3. The maximum absolute atomic E-state index is 13.6. The van der Waals surface area contributed by atoms with Gasteiger partial charge >= 0.3 is 12.4 Å². The van der Waals surface area contributed by atoms with Crippen LogP contribution in [-0.4, -0.2) is 25.1 Å². The first-order valence-electron chi connectivity index (χ1n) is 12.6. The fraction of sp³-hybridized carbons (Fsp3) is 0.536. The maximum Gasteiger partial charge on any atom is 0.416 e. The van der Waals surface area contributed by atoms with E-state index in [4.69, 9.17) is 4.74 Å². The summed E-state index contributed by atoms with van der Waals surface area (Å²) in [6.45, 7) is 7.34. The van der Waals surface area contributed by atoms with Gasteiger partial charge in [-0.1, -0.05) is 58.0 Å². The molecular formula is C28H34F6N2O2. The Kier molecular flexibility index (Phi) is 8.88. The molecule has 1 fully saturated rings. The molecule has 1 unspecified atom stereocenters. The molecule has 4 nitrogen and oxygen atoms in total. The van der Waals surface area contributed by atoms with Crippen LogP contribution in [0.2, 0.25) is 0 Å². The van der Waals surface area contributed by atoms with Gasteiger partial charge in [-0.15, -0.1) is 0 Å². The summed E-state index contributed by atoms with van der Waals surface area (Å²) in [5.74, 6) is -0.0712. The highest BCUT2D eigenvalue weighted by Crippen LogP contribution is 2.43. The van der Waals surface area contributed by atoms with Crippen molar-refractivity contribution >= 4 is 5.91 Å². The van der Waals surface area contributed by atoms with Gasteiger partial charge in [-0.2, -0.15) is 26.3 Å². The fourth-order valence-electron chi connectivity index (χ4n) is 4.79. The van der Waals surface area contributed by atoms with Gasteiger partial charge in [0.25, 0.3) is 0 Å². The largest absolute Gasteiger partial charge is 0.416 e. The van der Waals surface area contributed by atoms with Crippen LogP contribution in [0.3, 0.4) is 0 Å². The van der Waals surface area contributed by atoms with Crippen LogP contribution < -0.4 is 10.6 Å². The Hall–Kier alpha value is -2.59. The summed E-state index contributed by atoms with van der Waals surface area (Å²) in [5.41, 5.74) is -3.62. The standard InChI is InChI=1S/C28H34F6N2O2/c1-5-23(37)36-22-11-12-26(35-16-22,19-9-7-6-8-10-19)17-38-24(25(2,3)4)18-13-20(27(29,30)31)15-21(14-18)28(32,33)34/h6-10,13-15,22,24,35H,5,11-12,16-17H2,1-4H3,(H,36,37)/t22?,24-,26+/m0/s1. The van der Waals surface area contributed by atoms with Gasteiger partial charge in [-0.3, -0.25) is 4.79 Å². The zero-order valence-corrected chi connectivity index (χ0v) is 21.9. The zero-order chi connectivity index (χ0) is 28.4. The smallest absolute Gasteiger partial charge is 0.371 e. The van der Waals surface area contributed by atoms with E-state index in [-0.39, 0.29) is 30.2 Å². The van der Waals surface area contributed by atoms with Crippen molar-refractivity contribution in [1.82, 2.24) is 10.6 Å². The molecule has 1 aliphatic rings. The van der Waals surface area contributed by atoms with E-state index < -0.39 is 40.5 Å². The number of amides is 1. The molecule has 38 heavy (non-hydrogen) atoms. The molecule has 0 saturated carbocycles. The van der Waals surface area contributed by atoms with E-state index in [0.29, 0.717) is 25.8 Å². The molecule has 2 aromatic rings. The lowest BCUT2D eigenvalue weighted by Gasteiger charge is -2.43. The van der Waals surface area contributed by atoms with E-state index in [9.17, 15) is 31.1 Å². The van der Waals surface area contributed by atoms with Gasteiger partial charge < -0.3 is 15.4 Å². The first kappa shape index (κ1) is 30.0. The van der Waals surface area contributed by atoms with Gasteiger partial charge in [0.15, 0.2) is 0 Å². The van der Waals surface area contributed by atoms with E-state index in [1.165, 1.54) is 0 Å². The number of alkyl halides is 6. The van der Waals surface area contributed by atoms with E-state index in [2.05, 4.69) is 10.6 Å². The minimum absolute atomic E-state index is 0.00495. The molecular weight excluding hydrogens is 510 g/mol. The van der Waals surface area contributed by atoms with Crippen LogP contribution >= 0.6 is 0 Å². The number of carbonyl (C=O) groups excluding carboxylic acids is 1. The molecule has 1 heterocycles. The van der Waals surface area contributed by atoms with Gasteiger partial charge in [-0.05, 0) is 47.6 Å². The summed E-state index contributed by atoms with van der Waals surface area (Å²) < 4.78 is 87.6. The molecule has 1 saturated heterocycles. The highest BCUT2D eigenvalue weighted by atomic mass is 19.4. The molecule has 1 amide bonds. The lowest BCUT2D eigenvalue weighted by Crippen LogP contribution is -2.57. The van der Waals surface area contributed by atoms with Crippen molar-refractivity contribution in [3.05, 3.63) is 70.8 Å². The Balaban J connectivity index is 1.96. The SMILES string of the molecule is CCC(=O)NC1CC[C@@](CO[C@@H](c2cc(C(F)(F)F)cc(C(F)(F)F)c2)C(C)(C)C)(c2ccccc2)NC1. The second kappa shape index (κ2) is 11.3. The number of hydrogen-bond donors (Lipinski definition) is 2. The molecule has 2 N–H and O–H groups in total. The minimum atomic E-state index is -4.95. The number of piperidine rings is 1. The van der Waals surface area contributed by atoms with E-state index in [1.807, 2.05) is 30.3 Å². The maximum atomic E-state index is 13.6. The van der Waals surface area contributed by atoms with Gasteiger partial charge in [-0.25, -0.2) is 0 Å². The van der Waals surface area contributed by atoms with Crippen molar-refractivity contribution in [3.63, 3.8) is 0 Å². The molecule has 10 heteroatoms. The Morgan fingerprint density at radius 1 is 1.03 bits per heavy atom. The molecule has 210 valence electrons. The highest BCUT2D eigenvalue weighted by molar-refractivity contribution is 5.75. The van der Waals surface area contributed by atoms with Crippen LogP contribution in [0.4, 0.5) is 26.3 Å². The third kappa shape index (κ3) is 7.28. The molecule has 0 radical (unpaired) electrons. The summed E-state index contributed by atoms with van der Waals surface area (Å²) in [6, 6.07) is 10.9. The summed E-state index contributed by atoms with van der Waals surface area (Å²) in [6.07, 6.45) is -9.45. The summed E-state index contributed by atoms with van der Waals surface area (Å²) >= 11 is 0. The zero-order valence-electron chi connectivity index (χ0n) is 21.9. The fourth-order valence-corrected chi connectivity index (χ4v) is 4.79. The third-order valence-corrected chi connectivity index (χ3v) is 6.81. The Morgan fingerprint density at radius 2 is 1.61 bits per heavy atom. The van der Waals surface area contributed by atoms with Crippen molar-refractivity contribution in [2.75, 3.05) is 13.2 Å². The van der Waals surface area contributed by atoms with Crippen LogP contribution in [-0.2, 0) is 27.4 Å². The van der Waals surface area contributed by atoms with Gasteiger partial charge in [0.05, 0.1) is 29.4 Å². The summed E-state index contributed by atoms with van der Waals surface area (Å²) in [7, 11) is 0. The number of carbonyl (C=O) groups is 1.